The molecule has 2 aromatic rings. The van der Waals surface area contributed by atoms with Gasteiger partial charge in [0, 0.05) is 43.8 Å². The molecular weight excluding hydrogens is 342 g/mol. The van der Waals surface area contributed by atoms with Crippen LogP contribution in [0.4, 0.5) is 0 Å². The molecule has 2 aliphatic heterocycles. The molecule has 1 unspecified atom stereocenters. The maximum absolute atomic E-state index is 12.3. The van der Waals surface area contributed by atoms with Crippen LogP contribution in [0.1, 0.15) is 30.1 Å². The summed E-state index contributed by atoms with van der Waals surface area (Å²) in [6, 6.07) is 5.67. The Morgan fingerprint density at radius 1 is 1.33 bits per heavy atom. The third kappa shape index (κ3) is 3.20. The van der Waals surface area contributed by atoms with Crippen LogP contribution in [0.3, 0.4) is 0 Å². The summed E-state index contributed by atoms with van der Waals surface area (Å²) in [6.07, 6.45) is 7.13. The number of likely N-dealkylation sites (N-methyl/N-ethyl adjacent to an activating group) is 1. The van der Waals surface area contributed by atoms with Gasteiger partial charge in [0.05, 0.1) is 11.2 Å². The molecule has 1 aromatic heterocycles. The Balaban J connectivity index is 1.66. The molecule has 7 nitrogen and oxygen atoms in total. The number of hydrogen-bond donors (Lipinski definition) is 2. The van der Waals surface area contributed by atoms with Crippen molar-refractivity contribution >= 4 is 22.7 Å². The van der Waals surface area contributed by atoms with Gasteiger partial charge in [-0.15, -0.1) is 0 Å². The molecule has 0 radical (unpaired) electrons. The molecule has 27 heavy (non-hydrogen) atoms. The Kier molecular flexibility index (Phi) is 4.43. The van der Waals surface area contributed by atoms with Gasteiger partial charge in [-0.3, -0.25) is 19.6 Å². The maximum atomic E-state index is 12.3. The Labute approximate surface area is 157 Å². The zero-order chi connectivity index (χ0) is 19.0. The van der Waals surface area contributed by atoms with Crippen molar-refractivity contribution < 1.29 is 9.59 Å². The number of aromatic nitrogens is 2. The third-order valence-electron chi connectivity index (χ3n) is 5.17. The third-order valence-corrected chi connectivity index (χ3v) is 5.17. The van der Waals surface area contributed by atoms with Gasteiger partial charge in [-0.1, -0.05) is 12.1 Å². The van der Waals surface area contributed by atoms with E-state index in [-0.39, 0.29) is 11.8 Å². The average molecular weight is 365 g/mol. The molecule has 4 rings (SSSR count). The highest BCUT2D eigenvalue weighted by Crippen LogP contribution is 2.29. The molecule has 0 aliphatic carbocycles. The maximum Gasteiger partial charge on any atom is 0.251 e. The average Bonchev–Trinajstić information content (AvgIpc) is 3.00. The van der Waals surface area contributed by atoms with Crippen molar-refractivity contribution in [2.24, 2.45) is 0 Å². The topological polar surface area (TPSA) is 79.3 Å². The number of carbonyl (C=O) groups excluding carboxylic acids is 2. The van der Waals surface area contributed by atoms with E-state index in [9.17, 15) is 9.59 Å². The number of piperidine rings is 1. The lowest BCUT2D eigenvalue weighted by Crippen LogP contribution is -2.42. The van der Waals surface area contributed by atoms with Gasteiger partial charge >= 0.3 is 0 Å². The fraction of sp³-hybridized carbons (Fsp3) is 0.350. The zero-order valence-corrected chi connectivity index (χ0v) is 15.5. The Morgan fingerprint density at radius 2 is 2.19 bits per heavy atom. The largest absolute Gasteiger partial charge is 0.388 e. The van der Waals surface area contributed by atoms with Gasteiger partial charge in [-0.05, 0) is 37.1 Å². The summed E-state index contributed by atoms with van der Waals surface area (Å²) in [5, 5.41) is 11.3. The Bertz CT molecular complexity index is 972. The predicted octanol–water partition coefficient (Wildman–Crippen LogP) is 1.76. The second-order valence-electron chi connectivity index (χ2n) is 6.96. The van der Waals surface area contributed by atoms with E-state index in [4.69, 9.17) is 0 Å². The van der Waals surface area contributed by atoms with E-state index >= 15 is 0 Å². The lowest BCUT2D eigenvalue weighted by atomic mass is 10.0. The molecule has 1 aromatic carbocycles. The van der Waals surface area contributed by atoms with E-state index in [1.54, 1.807) is 4.68 Å². The number of hydrogen-bond acceptors (Lipinski definition) is 5. The molecule has 1 saturated heterocycles. The normalized spacial score (nSPS) is 20.0. The van der Waals surface area contributed by atoms with Gasteiger partial charge in [-0.2, -0.15) is 5.10 Å². The van der Waals surface area contributed by atoms with E-state index in [1.807, 2.05) is 26.1 Å². The zero-order valence-electron chi connectivity index (χ0n) is 15.5. The van der Waals surface area contributed by atoms with Crippen LogP contribution in [0.5, 0.6) is 0 Å². The van der Waals surface area contributed by atoms with Crippen LogP contribution in [0.25, 0.3) is 10.9 Å². The molecule has 1 atom stereocenters. The molecule has 2 N–H and O–H groups in total. The van der Waals surface area contributed by atoms with Crippen molar-refractivity contribution in [3.63, 3.8) is 0 Å². The number of benzene rings is 1. The first kappa shape index (κ1) is 17.3. The fourth-order valence-corrected chi connectivity index (χ4v) is 3.80. The number of rotatable bonds is 4. The quantitative estimate of drug-likeness (QED) is 0.807. The number of allylic oxidation sites excluding steroid dienone is 1. The van der Waals surface area contributed by atoms with Crippen LogP contribution >= 0.6 is 0 Å². The molecule has 0 bridgehead atoms. The van der Waals surface area contributed by atoms with Crippen molar-refractivity contribution in [1.82, 2.24) is 25.3 Å². The van der Waals surface area contributed by atoms with Crippen LogP contribution < -0.4 is 10.6 Å². The van der Waals surface area contributed by atoms with Crippen molar-refractivity contribution in [3.8, 4) is 0 Å². The number of fused-ring (bicyclic) bond motifs is 1. The summed E-state index contributed by atoms with van der Waals surface area (Å²) in [5.74, 6) is -0.485. The number of nitrogens with one attached hydrogen (secondary N) is 2. The fourth-order valence-electron chi connectivity index (χ4n) is 3.80. The van der Waals surface area contributed by atoms with Gasteiger partial charge in [0.2, 0.25) is 5.91 Å². The number of imide groups is 1. The van der Waals surface area contributed by atoms with Gasteiger partial charge < -0.3 is 10.2 Å². The summed E-state index contributed by atoms with van der Waals surface area (Å²) < 4.78 is 1.78. The van der Waals surface area contributed by atoms with Crippen molar-refractivity contribution in [2.75, 3.05) is 13.6 Å². The minimum atomic E-state index is -0.440. The van der Waals surface area contributed by atoms with Gasteiger partial charge in [0.25, 0.3) is 5.91 Å². The molecule has 140 valence electrons. The summed E-state index contributed by atoms with van der Waals surface area (Å²) in [4.78, 5) is 26.0. The highest BCUT2D eigenvalue weighted by atomic mass is 16.2. The monoisotopic (exact) mass is 365 g/mol. The first-order valence-corrected chi connectivity index (χ1v) is 9.17. The molecule has 2 amide bonds. The first-order valence-electron chi connectivity index (χ1n) is 9.17. The predicted molar refractivity (Wildman–Crippen MR) is 103 cm³/mol. The van der Waals surface area contributed by atoms with E-state index < -0.39 is 6.04 Å². The summed E-state index contributed by atoms with van der Waals surface area (Å²) in [7, 11) is 1.92. The highest BCUT2D eigenvalue weighted by molar-refractivity contribution is 6.00. The number of amides is 2. The smallest absolute Gasteiger partial charge is 0.251 e. The lowest BCUT2D eigenvalue weighted by Gasteiger charge is -2.23. The standard InChI is InChI=1S/C20H23N5O2/c1-13-19-14(12-24-10-8-15(21-2)9-11-24)4-3-5-16(19)25(23-13)17-6-7-18(26)22-20(17)27/h3-5,8-10,17,21H,6-7,11-12H2,1-2H3,(H,22,26,27). The number of nitrogens with zero attached hydrogens (tertiary/aromatic N) is 3. The summed E-state index contributed by atoms with van der Waals surface area (Å²) >= 11 is 0. The SMILES string of the molecule is CNC1=CCN(Cc2cccc3c2c(C)nn3C2CCC(=O)NC2=O)C=C1. The van der Waals surface area contributed by atoms with Crippen LogP contribution in [0.2, 0.25) is 0 Å². The van der Waals surface area contributed by atoms with E-state index in [1.165, 1.54) is 5.56 Å². The number of carbonyl (C=O) groups is 2. The van der Waals surface area contributed by atoms with Crippen LogP contribution in [0, 0.1) is 6.92 Å². The van der Waals surface area contributed by atoms with Gasteiger partial charge in [-0.25, -0.2) is 0 Å². The van der Waals surface area contributed by atoms with Crippen molar-refractivity contribution in [2.45, 2.75) is 32.4 Å². The molecule has 0 spiro atoms. The van der Waals surface area contributed by atoms with Gasteiger partial charge in [0.1, 0.15) is 6.04 Å². The van der Waals surface area contributed by atoms with Crippen LogP contribution in [-0.4, -0.2) is 40.1 Å². The van der Waals surface area contributed by atoms with E-state index in [2.05, 4.69) is 45.1 Å². The summed E-state index contributed by atoms with van der Waals surface area (Å²) in [6.45, 7) is 3.58. The molecule has 0 saturated carbocycles. The van der Waals surface area contributed by atoms with Gasteiger partial charge in [0.15, 0.2) is 0 Å². The van der Waals surface area contributed by atoms with E-state index in [0.29, 0.717) is 12.8 Å². The van der Waals surface area contributed by atoms with Crippen LogP contribution in [0.15, 0.2) is 42.2 Å². The Morgan fingerprint density at radius 3 is 2.89 bits per heavy atom. The van der Waals surface area contributed by atoms with Crippen molar-refractivity contribution in [3.05, 3.63) is 53.5 Å². The highest BCUT2D eigenvalue weighted by Gasteiger charge is 2.30. The lowest BCUT2D eigenvalue weighted by molar-refractivity contribution is -0.135. The minimum absolute atomic E-state index is 0.212. The Hall–Kier alpha value is -3.09. The minimum Gasteiger partial charge on any atom is -0.388 e. The first-order chi connectivity index (χ1) is 13.1. The second-order valence-corrected chi connectivity index (χ2v) is 6.96. The second kappa shape index (κ2) is 6.90. The molecule has 1 fully saturated rings. The molecule has 2 aliphatic rings. The van der Waals surface area contributed by atoms with Crippen molar-refractivity contribution in [1.29, 1.82) is 0 Å². The molecule has 7 heteroatoms. The van der Waals surface area contributed by atoms with E-state index in [0.717, 1.165) is 35.4 Å². The molecule has 3 heterocycles. The van der Waals surface area contributed by atoms with Crippen LogP contribution in [-0.2, 0) is 16.1 Å². The summed E-state index contributed by atoms with van der Waals surface area (Å²) in [5.41, 5.74) is 4.13. The molecular formula is C20H23N5O2. The number of aryl methyl sites for hydroxylation is 1.